The Hall–Kier alpha value is -1.32. The Bertz CT molecular complexity index is 486. The van der Waals surface area contributed by atoms with Gasteiger partial charge in [0.1, 0.15) is 0 Å². The van der Waals surface area contributed by atoms with Crippen molar-refractivity contribution in [2.45, 2.75) is 31.3 Å². The Morgan fingerprint density at radius 2 is 2.00 bits per heavy atom. The third kappa shape index (κ3) is 2.57. The number of H-pyrrole nitrogens is 1. The second-order valence-electron chi connectivity index (χ2n) is 4.88. The van der Waals surface area contributed by atoms with Gasteiger partial charge in [0.05, 0.1) is 0 Å². The van der Waals surface area contributed by atoms with E-state index in [-0.39, 0.29) is 0 Å². The Morgan fingerprint density at radius 1 is 1.22 bits per heavy atom. The summed E-state index contributed by atoms with van der Waals surface area (Å²) in [6, 6.07) is 10.8. The van der Waals surface area contributed by atoms with E-state index in [9.17, 15) is 0 Å². The second kappa shape index (κ2) is 5.12. The van der Waals surface area contributed by atoms with Crippen LogP contribution in [0.5, 0.6) is 0 Å². The molecule has 1 saturated carbocycles. The summed E-state index contributed by atoms with van der Waals surface area (Å²) >= 11 is 5.89. The van der Waals surface area contributed by atoms with Crippen molar-refractivity contribution in [3.63, 3.8) is 0 Å². The second-order valence-corrected chi connectivity index (χ2v) is 5.32. The van der Waals surface area contributed by atoms with Crippen molar-refractivity contribution < 1.29 is 0 Å². The lowest BCUT2D eigenvalue weighted by Crippen LogP contribution is -2.39. The molecule has 1 aliphatic rings. The van der Waals surface area contributed by atoms with Gasteiger partial charge in [0.2, 0.25) is 0 Å². The van der Waals surface area contributed by atoms with Gasteiger partial charge >= 0.3 is 0 Å². The predicted molar refractivity (Wildman–Crippen MR) is 72.6 cm³/mol. The molecule has 1 aromatic carbocycles. The number of nitrogens with one attached hydrogen (secondary N) is 2. The molecule has 3 rings (SSSR count). The van der Waals surface area contributed by atoms with Crippen LogP contribution in [0.15, 0.2) is 36.5 Å². The Morgan fingerprint density at radius 3 is 2.67 bits per heavy atom. The molecule has 0 bridgehead atoms. The van der Waals surface area contributed by atoms with Crippen molar-refractivity contribution in [3.8, 4) is 0 Å². The molecule has 2 N–H and O–H groups in total. The minimum atomic E-state index is 0.619. The van der Waals surface area contributed by atoms with Crippen LogP contribution in [0.3, 0.4) is 0 Å². The van der Waals surface area contributed by atoms with Gasteiger partial charge in [0.15, 0.2) is 0 Å². The van der Waals surface area contributed by atoms with Crippen molar-refractivity contribution >= 4 is 11.6 Å². The topological polar surface area (TPSA) is 40.7 Å². The minimum absolute atomic E-state index is 0.619. The SMILES string of the molecule is Clc1ccc(C2CC(NCc3ccn[nH]3)C2)cc1. The smallest absolute Gasteiger partial charge is 0.0490 e. The molecule has 18 heavy (non-hydrogen) atoms. The Labute approximate surface area is 112 Å². The number of halogens is 1. The fraction of sp³-hybridized carbons (Fsp3) is 0.357. The van der Waals surface area contributed by atoms with Gasteiger partial charge in [-0.1, -0.05) is 23.7 Å². The highest BCUT2D eigenvalue weighted by atomic mass is 35.5. The largest absolute Gasteiger partial charge is 0.308 e. The van der Waals surface area contributed by atoms with E-state index in [1.165, 1.54) is 18.4 Å². The van der Waals surface area contributed by atoms with E-state index >= 15 is 0 Å². The summed E-state index contributed by atoms with van der Waals surface area (Å²) in [7, 11) is 0. The Kier molecular flexibility index (Phi) is 3.35. The van der Waals surface area contributed by atoms with E-state index < -0.39 is 0 Å². The normalized spacial score (nSPS) is 22.7. The molecule has 1 aromatic heterocycles. The van der Waals surface area contributed by atoms with Crippen LogP contribution >= 0.6 is 11.6 Å². The summed E-state index contributed by atoms with van der Waals surface area (Å²) in [5.41, 5.74) is 2.55. The first-order chi connectivity index (χ1) is 8.81. The average Bonchev–Trinajstić information content (AvgIpc) is 2.82. The fourth-order valence-corrected chi connectivity index (χ4v) is 2.56. The molecule has 4 heteroatoms. The highest BCUT2D eigenvalue weighted by Gasteiger charge is 2.29. The monoisotopic (exact) mass is 261 g/mol. The average molecular weight is 262 g/mol. The molecular weight excluding hydrogens is 246 g/mol. The molecule has 1 aliphatic carbocycles. The van der Waals surface area contributed by atoms with Crippen LogP contribution in [0.1, 0.15) is 30.0 Å². The van der Waals surface area contributed by atoms with Crippen molar-refractivity contribution in [2.75, 3.05) is 0 Å². The summed E-state index contributed by atoms with van der Waals surface area (Å²) in [5.74, 6) is 0.682. The number of nitrogens with zero attached hydrogens (tertiary/aromatic N) is 1. The molecular formula is C14H16ClN3. The number of aromatic nitrogens is 2. The molecule has 94 valence electrons. The maximum absolute atomic E-state index is 5.89. The van der Waals surface area contributed by atoms with E-state index in [2.05, 4.69) is 27.6 Å². The van der Waals surface area contributed by atoms with Gasteiger partial charge in [-0.25, -0.2) is 0 Å². The van der Waals surface area contributed by atoms with Crippen LogP contribution in [-0.2, 0) is 6.54 Å². The van der Waals surface area contributed by atoms with Gasteiger partial charge < -0.3 is 5.32 Å². The summed E-state index contributed by atoms with van der Waals surface area (Å²) < 4.78 is 0. The summed E-state index contributed by atoms with van der Waals surface area (Å²) in [5, 5.41) is 11.2. The van der Waals surface area contributed by atoms with Crippen molar-refractivity contribution in [3.05, 3.63) is 52.8 Å². The standard InChI is InChI=1S/C14H16ClN3/c15-12-3-1-10(2-4-12)11-7-14(8-11)16-9-13-5-6-17-18-13/h1-6,11,14,16H,7-9H2,(H,17,18). The molecule has 0 aliphatic heterocycles. The van der Waals surface area contributed by atoms with Crippen LogP contribution in [0.25, 0.3) is 0 Å². The van der Waals surface area contributed by atoms with Crippen molar-refractivity contribution in [2.24, 2.45) is 0 Å². The zero-order valence-electron chi connectivity index (χ0n) is 10.1. The van der Waals surface area contributed by atoms with Crippen LogP contribution in [0.4, 0.5) is 0 Å². The molecule has 0 radical (unpaired) electrons. The highest BCUT2D eigenvalue weighted by molar-refractivity contribution is 6.30. The summed E-state index contributed by atoms with van der Waals surface area (Å²) in [6.45, 7) is 0.873. The first kappa shape index (κ1) is 11.8. The maximum Gasteiger partial charge on any atom is 0.0490 e. The van der Waals surface area contributed by atoms with Crippen LogP contribution in [0, 0.1) is 0 Å². The van der Waals surface area contributed by atoms with E-state index in [1.54, 1.807) is 6.20 Å². The van der Waals surface area contributed by atoms with Gasteiger partial charge in [0.25, 0.3) is 0 Å². The first-order valence-corrected chi connectivity index (χ1v) is 6.66. The molecule has 0 spiro atoms. The first-order valence-electron chi connectivity index (χ1n) is 6.28. The van der Waals surface area contributed by atoms with Crippen molar-refractivity contribution in [1.29, 1.82) is 0 Å². The lowest BCUT2D eigenvalue weighted by Gasteiger charge is -2.36. The van der Waals surface area contributed by atoms with E-state index in [0.717, 1.165) is 17.3 Å². The number of hydrogen-bond acceptors (Lipinski definition) is 2. The molecule has 3 nitrogen and oxygen atoms in total. The zero-order chi connectivity index (χ0) is 12.4. The molecule has 0 atom stereocenters. The van der Waals surface area contributed by atoms with Crippen LogP contribution in [-0.4, -0.2) is 16.2 Å². The Balaban J connectivity index is 1.47. The summed E-state index contributed by atoms with van der Waals surface area (Å²) in [6.07, 6.45) is 4.19. The minimum Gasteiger partial charge on any atom is -0.308 e. The molecule has 0 saturated heterocycles. The third-order valence-corrected chi connectivity index (χ3v) is 3.87. The molecule has 1 fully saturated rings. The number of aromatic amines is 1. The molecule has 0 amide bonds. The van der Waals surface area contributed by atoms with Crippen molar-refractivity contribution in [1.82, 2.24) is 15.5 Å². The van der Waals surface area contributed by atoms with Gasteiger partial charge in [-0.05, 0) is 42.5 Å². The van der Waals surface area contributed by atoms with E-state index in [1.807, 2.05) is 18.2 Å². The lowest BCUT2D eigenvalue weighted by atomic mass is 9.76. The maximum atomic E-state index is 5.89. The quantitative estimate of drug-likeness (QED) is 0.888. The van der Waals surface area contributed by atoms with Gasteiger partial charge in [0, 0.05) is 29.5 Å². The van der Waals surface area contributed by atoms with E-state index in [4.69, 9.17) is 11.6 Å². The predicted octanol–water partition coefficient (Wildman–Crippen LogP) is 3.10. The van der Waals surface area contributed by atoms with Gasteiger partial charge in [-0.2, -0.15) is 5.10 Å². The molecule has 2 aromatic rings. The zero-order valence-corrected chi connectivity index (χ0v) is 10.8. The van der Waals surface area contributed by atoms with Crippen LogP contribution < -0.4 is 5.32 Å². The fourth-order valence-electron chi connectivity index (χ4n) is 2.43. The molecule has 1 heterocycles. The number of hydrogen-bond donors (Lipinski definition) is 2. The van der Waals surface area contributed by atoms with Gasteiger partial charge in [-0.15, -0.1) is 0 Å². The number of benzene rings is 1. The summed E-state index contributed by atoms with van der Waals surface area (Å²) in [4.78, 5) is 0. The lowest BCUT2D eigenvalue weighted by molar-refractivity contribution is 0.288. The van der Waals surface area contributed by atoms with Crippen LogP contribution in [0.2, 0.25) is 5.02 Å². The highest BCUT2D eigenvalue weighted by Crippen LogP contribution is 2.37. The van der Waals surface area contributed by atoms with Gasteiger partial charge in [-0.3, -0.25) is 5.10 Å². The van der Waals surface area contributed by atoms with E-state index in [0.29, 0.717) is 12.0 Å². The number of rotatable bonds is 4. The third-order valence-electron chi connectivity index (χ3n) is 3.62. The molecule has 0 unspecified atom stereocenters.